The molecule has 8 nitrogen and oxygen atoms in total. The molecule has 0 saturated carbocycles. The van der Waals surface area contributed by atoms with E-state index in [1.807, 2.05) is 0 Å². The van der Waals surface area contributed by atoms with Gasteiger partial charge < -0.3 is 19.5 Å². The Kier molecular flexibility index (Phi) is 7.09. The molecule has 1 amide bonds. The number of hydrogen-bond donors (Lipinski definition) is 1. The number of sulfonamides is 1. The molecule has 0 spiro atoms. The maximum atomic E-state index is 13.5. The predicted molar refractivity (Wildman–Crippen MR) is 133 cm³/mol. The van der Waals surface area contributed by atoms with Crippen molar-refractivity contribution < 1.29 is 27.4 Å². The highest BCUT2D eigenvalue weighted by Gasteiger charge is 2.38. The van der Waals surface area contributed by atoms with Gasteiger partial charge in [0.1, 0.15) is 17.2 Å². The number of nitrogens with zero attached hydrogens (tertiary/aromatic N) is 1. The molecular formula is C25H25ClN2O6S. The van der Waals surface area contributed by atoms with Gasteiger partial charge in [-0.1, -0.05) is 29.8 Å². The van der Waals surface area contributed by atoms with Crippen LogP contribution in [-0.2, 0) is 14.8 Å². The molecule has 0 aromatic heterocycles. The average Bonchev–Trinajstić information content (AvgIpc) is 2.87. The second-order valence-corrected chi connectivity index (χ2v) is 10.2. The zero-order valence-corrected chi connectivity index (χ0v) is 21.0. The van der Waals surface area contributed by atoms with Gasteiger partial charge in [0.25, 0.3) is 15.9 Å². The number of methoxy groups -OCH3 is 2. The minimum Gasteiger partial charge on any atom is -0.497 e. The zero-order chi connectivity index (χ0) is 25.2. The van der Waals surface area contributed by atoms with Crippen LogP contribution in [0.2, 0.25) is 5.02 Å². The molecule has 1 N–H and O–H groups in total. The molecule has 0 radical (unpaired) electrons. The lowest BCUT2D eigenvalue weighted by atomic mass is 10.1. The Bertz CT molecular complexity index is 1330. The van der Waals surface area contributed by atoms with Crippen LogP contribution in [0.25, 0.3) is 0 Å². The molecule has 0 fully saturated rings. The van der Waals surface area contributed by atoms with Crippen LogP contribution in [0.3, 0.4) is 0 Å². The Labute approximate surface area is 209 Å². The second-order valence-electron chi connectivity index (χ2n) is 7.91. The fraction of sp³-hybridized carbons (Fsp3) is 0.240. The van der Waals surface area contributed by atoms with E-state index < -0.39 is 28.1 Å². The van der Waals surface area contributed by atoms with Crippen LogP contribution >= 0.6 is 11.6 Å². The van der Waals surface area contributed by atoms with E-state index in [0.29, 0.717) is 22.1 Å². The normalized spacial score (nSPS) is 16.0. The number of carbonyl (C=O) groups is 1. The number of anilines is 1. The summed E-state index contributed by atoms with van der Waals surface area (Å²) in [5, 5.41) is 3.25. The van der Waals surface area contributed by atoms with Crippen LogP contribution in [0.4, 0.5) is 5.69 Å². The number of benzene rings is 3. The van der Waals surface area contributed by atoms with Gasteiger partial charge in [0.15, 0.2) is 6.10 Å². The third kappa shape index (κ3) is 5.01. The van der Waals surface area contributed by atoms with E-state index in [4.69, 9.17) is 25.8 Å². The third-order valence-electron chi connectivity index (χ3n) is 5.68. The first-order valence-electron chi connectivity index (χ1n) is 10.8. The molecular weight excluding hydrogens is 492 g/mol. The van der Waals surface area contributed by atoms with Gasteiger partial charge in [0.05, 0.1) is 37.4 Å². The Morgan fingerprint density at radius 3 is 2.51 bits per heavy atom. The Morgan fingerprint density at radius 2 is 1.83 bits per heavy atom. The van der Waals surface area contributed by atoms with Gasteiger partial charge in [-0.2, -0.15) is 0 Å². The number of rotatable bonds is 7. The van der Waals surface area contributed by atoms with E-state index in [2.05, 4.69) is 5.32 Å². The summed E-state index contributed by atoms with van der Waals surface area (Å²) in [6, 6.07) is 17.5. The highest BCUT2D eigenvalue weighted by atomic mass is 35.5. The van der Waals surface area contributed by atoms with Crippen LogP contribution < -0.4 is 23.8 Å². The smallest absolute Gasteiger partial charge is 0.264 e. The van der Waals surface area contributed by atoms with Crippen molar-refractivity contribution >= 4 is 33.2 Å². The molecule has 1 heterocycles. The lowest BCUT2D eigenvalue weighted by Crippen LogP contribution is -2.51. The van der Waals surface area contributed by atoms with E-state index in [1.165, 1.54) is 18.2 Å². The van der Waals surface area contributed by atoms with Gasteiger partial charge in [0, 0.05) is 10.6 Å². The van der Waals surface area contributed by atoms with Crippen LogP contribution in [-0.4, -0.2) is 41.2 Å². The first-order chi connectivity index (χ1) is 16.7. The highest BCUT2D eigenvalue weighted by Crippen LogP contribution is 2.39. The minimum absolute atomic E-state index is 0.0986. The van der Waals surface area contributed by atoms with Crippen molar-refractivity contribution in [1.82, 2.24) is 5.32 Å². The molecule has 10 heteroatoms. The topological polar surface area (TPSA) is 94.2 Å². The number of amides is 1. The molecule has 0 saturated heterocycles. The van der Waals surface area contributed by atoms with Crippen molar-refractivity contribution in [3.8, 4) is 17.2 Å². The first kappa shape index (κ1) is 24.7. The maximum Gasteiger partial charge on any atom is 0.264 e. The summed E-state index contributed by atoms with van der Waals surface area (Å²) in [5.41, 5.74) is 0.977. The van der Waals surface area contributed by atoms with E-state index in [1.54, 1.807) is 69.7 Å². The van der Waals surface area contributed by atoms with E-state index >= 15 is 0 Å². The quantitative estimate of drug-likeness (QED) is 0.506. The number of halogens is 1. The molecule has 2 atom stereocenters. The van der Waals surface area contributed by atoms with Gasteiger partial charge in [-0.3, -0.25) is 9.10 Å². The monoisotopic (exact) mass is 516 g/mol. The van der Waals surface area contributed by atoms with Gasteiger partial charge in [-0.15, -0.1) is 0 Å². The second kappa shape index (κ2) is 10.1. The van der Waals surface area contributed by atoms with Crippen molar-refractivity contribution in [3.63, 3.8) is 0 Å². The van der Waals surface area contributed by atoms with Crippen molar-refractivity contribution in [1.29, 1.82) is 0 Å². The SMILES string of the molecule is COc1ccc(OC)c(C(C)NC(=O)C2CN(S(=O)(=O)c3ccccc3)c3cc(Cl)ccc3O2)c1. The standard InChI is InChI=1S/C25H25ClN2O6S/c1-16(20-14-18(32-2)10-12-22(20)33-3)27-25(29)24-15-28(21-13-17(26)9-11-23(21)34-24)35(30,31)19-7-5-4-6-8-19/h4-14,16,24H,15H2,1-3H3,(H,27,29). The third-order valence-corrected chi connectivity index (χ3v) is 7.71. The lowest BCUT2D eigenvalue weighted by molar-refractivity contribution is -0.128. The lowest BCUT2D eigenvalue weighted by Gasteiger charge is -2.35. The maximum absolute atomic E-state index is 13.5. The van der Waals surface area contributed by atoms with Gasteiger partial charge in [-0.05, 0) is 55.5 Å². The molecule has 1 aliphatic heterocycles. The van der Waals surface area contributed by atoms with Crippen LogP contribution in [0, 0.1) is 0 Å². The van der Waals surface area contributed by atoms with Gasteiger partial charge in [0.2, 0.25) is 0 Å². The van der Waals surface area contributed by atoms with Crippen molar-refractivity contribution in [2.75, 3.05) is 25.1 Å². The molecule has 2 unspecified atom stereocenters. The molecule has 4 rings (SSSR count). The van der Waals surface area contributed by atoms with Crippen LogP contribution in [0.15, 0.2) is 71.6 Å². The van der Waals surface area contributed by atoms with Crippen LogP contribution in [0.5, 0.6) is 17.2 Å². The molecule has 35 heavy (non-hydrogen) atoms. The van der Waals surface area contributed by atoms with Crippen molar-refractivity contribution in [3.05, 3.63) is 77.3 Å². The Balaban J connectivity index is 1.64. The summed E-state index contributed by atoms with van der Waals surface area (Å²) in [6.07, 6.45) is -1.10. The summed E-state index contributed by atoms with van der Waals surface area (Å²) in [7, 11) is -0.889. The Hall–Kier alpha value is -3.43. The van der Waals surface area contributed by atoms with E-state index in [9.17, 15) is 13.2 Å². The average molecular weight is 517 g/mol. The van der Waals surface area contributed by atoms with Gasteiger partial charge >= 0.3 is 0 Å². The molecule has 1 aliphatic rings. The van der Waals surface area contributed by atoms with E-state index in [0.717, 1.165) is 4.31 Å². The molecule has 3 aromatic rings. The van der Waals surface area contributed by atoms with Crippen molar-refractivity contribution in [2.45, 2.75) is 24.0 Å². The summed E-state index contributed by atoms with van der Waals surface area (Å²) in [5.74, 6) is 0.960. The number of ether oxygens (including phenoxy) is 3. The predicted octanol–water partition coefficient (Wildman–Crippen LogP) is 4.19. The molecule has 184 valence electrons. The van der Waals surface area contributed by atoms with E-state index in [-0.39, 0.29) is 22.9 Å². The molecule has 0 bridgehead atoms. The Morgan fingerprint density at radius 1 is 1.09 bits per heavy atom. The number of nitrogens with one attached hydrogen (secondary N) is 1. The highest BCUT2D eigenvalue weighted by molar-refractivity contribution is 7.92. The first-order valence-corrected chi connectivity index (χ1v) is 12.6. The summed E-state index contributed by atoms with van der Waals surface area (Å²) < 4.78 is 44.8. The fourth-order valence-electron chi connectivity index (χ4n) is 3.87. The van der Waals surface area contributed by atoms with Gasteiger partial charge in [-0.25, -0.2) is 8.42 Å². The summed E-state index contributed by atoms with van der Waals surface area (Å²) >= 11 is 6.15. The number of fused-ring (bicyclic) bond motifs is 1. The largest absolute Gasteiger partial charge is 0.497 e. The molecule has 0 aliphatic carbocycles. The van der Waals surface area contributed by atoms with Crippen LogP contribution in [0.1, 0.15) is 18.5 Å². The minimum atomic E-state index is -3.98. The summed E-state index contributed by atoms with van der Waals surface area (Å²) in [4.78, 5) is 13.4. The summed E-state index contributed by atoms with van der Waals surface area (Å²) in [6.45, 7) is 1.57. The zero-order valence-electron chi connectivity index (χ0n) is 19.4. The molecule has 3 aromatic carbocycles. The number of hydrogen-bond acceptors (Lipinski definition) is 6. The number of carbonyl (C=O) groups excluding carboxylic acids is 1. The fourth-order valence-corrected chi connectivity index (χ4v) is 5.53. The van der Waals surface area contributed by atoms with Crippen molar-refractivity contribution in [2.24, 2.45) is 0 Å².